The number of benzene rings is 5. The maximum Gasteiger partial charge on any atom is 0.142 e. The molecule has 5 N–H and O–H groups in total. The molecule has 8 aromatic rings. The van der Waals surface area contributed by atoms with Crippen molar-refractivity contribution in [2.75, 3.05) is 10.6 Å². The summed E-state index contributed by atoms with van der Waals surface area (Å²) in [6.07, 6.45) is 0. The van der Waals surface area contributed by atoms with Crippen molar-refractivity contribution >= 4 is 78.1 Å². The number of anilines is 4. The first-order chi connectivity index (χ1) is 21.1. The molecule has 0 spiro atoms. The molecule has 11 heteroatoms. The third-order valence-corrected chi connectivity index (χ3v) is 8.73. The first kappa shape index (κ1) is 25.2. The van der Waals surface area contributed by atoms with Gasteiger partial charge in [-0.25, -0.2) is 9.97 Å². The first-order valence-electron chi connectivity index (χ1n) is 13.4. The second-order valence-corrected chi connectivity index (χ2v) is 11.5. The molecule has 3 aromatic heterocycles. The predicted octanol–water partition coefficient (Wildman–Crippen LogP) is 8.41. The molecule has 5 aromatic carbocycles. The summed E-state index contributed by atoms with van der Waals surface area (Å²) in [5, 5.41) is 28.9. The Labute approximate surface area is 252 Å². The molecule has 0 bridgehead atoms. The molecule has 3 heterocycles. The number of nitrogens with one attached hydrogen (secondary N) is 3. The van der Waals surface area contributed by atoms with Gasteiger partial charge in [-0.2, -0.15) is 8.75 Å². The van der Waals surface area contributed by atoms with Crippen LogP contribution >= 0.6 is 23.1 Å². The molecule has 0 radical (unpaired) electrons. The van der Waals surface area contributed by atoms with Crippen LogP contribution in [0.25, 0.3) is 54.2 Å². The molecule has 0 fully saturated rings. The average Bonchev–Trinajstić information content (AvgIpc) is 3.78. The Hall–Kier alpha value is -5.52. The summed E-state index contributed by atoms with van der Waals surface area (Å²) in [5.74, 6) is 0.880. The highest BCUT2D eigenvalue weighted by Gasteiger charge is 2.16. The average molecular weight is 600 g/mol. The molecule has 0 unspecified atom stereocenters. The third kappa shape index (κ3) is 4.56. The fourth-order valence-corrected chi connectivity index (χ4v) is 6.60. The fraction of sp³-hybridized carbons (Fsp3) is 0. The maximum atomic E-state index is 10.6. The van der Waals surface area contributed by atoms with Crippen molar-refractivity contribution in [3.63, 3.8) is 0 Å². The van der Waals surface area contributed by atoms with Gasteiger partial charge < -0.3 is 25.8 Å². The van der Waals surface area contributed by atoms with E-state index in [0.29, 0.717) is 28.0 Å². The number of thiazole rings is 1. The molecule has 0 aliphatic rings. The minimum Gasteiger partial charge on any atom is -0.507 e. The Kier molecular flexibility index (Phi) is 5.91. The lowest BCUT2D eigenvalue weighted by molar-refractivity contribution is 0.476. The summed E-state index contributed by atoms with van der Waals surface area (Å²) < 4.78 is 10.2. The van der Waals surface area contributed by atoms with Gasteiger partial charge in [0.25, 0.3) is 0 Å². The van der Waals surface area contributed by atoms with Gasteiger partial charge in [-0.1, -0.05) is 24.3 Å². The Morgan fingerprint density at radius 1 is 0.628 bits per heavy atom. The monoisotopic (exact) mass is 599 g/mol. The Balaban J connectivity index is 1.10. The second-order valence-electron chi connectivity index (χ2n) is 9.93. The van der Waals surface area contributed by atoms with E-state index in [1.54, 1.807) is 18.2 Å². The van der Waals surface area contributed by atoms with E-state index in [4.69, 9.17) is 4.98 Å². The number of hydrogen-bond donors (Lipinski definition) is 5. The standard InChI is InChI=1S/C32H21N7O2S2/c40-26-13-9-17(15-19(26)31-35-21-5-1-2-6-22(21)36-31)33-24-11-12-25(30-29(24)38-43-39-30)34-18-10-14-27(41)20(16-18)32-37-23-7-3-4-8-28(23)42-32/h1-16,33-34,40-41H,(H,35,36). The smallest absolute Gasteiger partial charge is 0.142 e. The van der Waals surface area contributed by atoms with Gasteiger partial charge >= 0.3 is 0 Å². The van der Waals surface area contributed by atoms with Gasteiger partial charge in [-0.05, 0) is 72.8 Å². The number of nitrogens with zero attached hydrogens (tertiary/aromatic N) is 4. The van der Waals surface area contributed by atoms with E-state index in [1.165, 1.54) is 11.3 Å². The van der Waals surface area contributed by atoms with Crippen LogP contribution in [-0.2, 0) is 0 Å². The van der Waals surface area contributed by atoms with E-state index >= 15 is 0 Å². The largest absolute Gasteiger partial charge is 0.507 e. The van der Waals surface area contributed by atoms with Gasteiger partial charge in [0.2, 0.25) is 0 Å². The second kappa shape index (κ2) is 10.1. The number of phenols is 2. The topological polar surface area (TPSA) is 132 Å². The molecular weight excluding hydrogens is 579 g/mol. The zero-order valence-electron chi connectivity index (χ0n) is 22.2. The fourth-order valence-electron chi connectivity index (χ4n) is 5.04. The van der Waals surface area contributed by atoms with Crippen molar-refractivity contribution in [1.82, 2.24) is 23.7 Å². The lowest BCUT2D eigenvalue weighted by atomic mass is 10.1. The zero-order chi connectivity index (χ0) is 28.9. The summed E-state index contributed by atoms with van der Waals surface area (Å²) in [7, 11) is 0. The molecule has 208 valence electrons. The van der Waals surface area contributed by atoms with Crippen molar-refractivity contribution < 1.29 is 10.2 Å². The zero-order valence-corrected chi connectivity index (χ0v) is 23.9. The number of H-pyrrole nitrogens is 1. The van der Waals surface area contributed by atoms with E-state index in [0.717, 1.165) is 60.7 Å². The van der Waals surface area contributed by atoms with Gasteiger partial charge in [-0.3, -0.25) is 0 Å². The van der Waals surface area contributed by atoms with Crippen LogP contribution in [0.3, 0.4) is 0 Å². The number of imidazole rings is 1. The number of rotatable bonds is 6. The van der Waals surface area contributed by atoms with Crippen LogP contribution in [0, 0.1) is 0 Å². The Morgan fingerprint density at radius 2 is 1.26 bits per heavy atom. The Bertz CT molecular complexity index is 2080. The SMILES string of the molecule is Oc1ccc(Nc2ccc(Nc3ccc(O)c(-c4nc5ccccc5s4)c3)c3nsnc23)cc1-c1nc2ccccc2[nH]1. The molecule has 0 saturated heterocycles. The van der Waals surface area contributed by atoms with Crippen LogP contribution in [0.15, 0.2) is 97.1 Å². The summed E-state index contributed by atoms with van der Waals surface area (Å²) in [6.45, 7) is 0. The highest BCUT2D eigenvalue weighted by atomic mass is 32.1. The van der Waals surface area contributed by atoms with E-state index < -0.39 is 0 Å². The summed E-state index contributed by atoms with van der Waals surface area (Å²) in [6, 6.07) is 30.2. The normalized spacial score (nSPS) is 11.4. The molecule has 0 saturated carbocycles. The predicted molar refractivity (Wildman–Crippen MR) is 174 cm³/mol. The Morgan fingerprint density at radius 3 is 1.95 bits per heavy atom. The molecule has 0 aliphatic carbocycles. The van der Waals surface area contributed by atoms with Crippen LogP contribution in [0.5, 0.6) is 11.5 Å². The summed E-state index contributed by atoms with van der Waals surface area (Å²) in [4.78, 5) is 12.6. The number of fused-ring (bicyclic) bond motifs is 3. The van der Waals surface area contributed by atoms with E-state index in [1.807, 2.05) is 78.9 Å². The number of phenolic OH excluding ortho intramolecular Hbond substituents is 2. The summed E-state index contributed by atoms with van der Waals surface area (Å²) in [5.41, 5.74) is 8.40. The lowest BCUT2D eigenvalue weighted by Crippen LogP contribution is -1.96. The molecular formula is C32H21N7O2S2. The van der Waals surface area contributed by atoms with E-state index in [2.05, 4.69) is 29.3 Å². The van der Waals surface area contributed by atoms with Gasteiger partial charge in [-0.15, -0.1) is 11.3 Å². The van der Waals surface area contributed by atoms with Crippen molar-refractivity contribution in [1.29, 1.82) is 0 Å². The first-order valence-corrected chi connectivity index (χ1v) is 14.9. The summed E-state index contributed by atoms with van der Waals surface area (Å²) >= 11 is 2.67. The quantitative estimate of drug-likeness (QED) is 0.120. The molecule has 8 rings (SSSR count). The molecule has 0 amide bonds. The minimum atomic E-state index is 0.128. The van der Waals surface area contributed by atoms with Crippen LogP contribution in [0.2, 0.25) is 0 Å². The van der Waals surface area contributed by atoms with E-state index in [-0.39, 0.29) is 11.5 Å². The molecule has 43 heavy (non-hydrogen) atoms. The minimum absolute atomic E-state index is 0.128. The van der Waals surface area contributed by atoms with Crippen molar-refractivity contribution in [3.8, 4) is 33.5 Å². The third-order valence-electron chi connectivity index (χ3n) is 7.14. The van der Waals surface area contributed by atoms with Gasteiger partial charge in [0.1, 0.15) is 33.4 Å². The van der Waals surface area contributed by atoms with E-state index in [9.17, 15) is 10.2 Å². The molecule has 9 nitrogen and oxygen atoms in total. The van der Waals surface area contributed by atoms with Crippen LogP contribution in [0.1, 0.15) is 0 Å². The van der Waals surface area contributed by atoms with Crippen molar-refractivity contribution in [3.05, 3.63) is 97.1 Å². The van der Waals surface area contributed by atoms with Gasteiger partial charge in [0.05, 0.1) is 55.5 Å². The number of aromatic nitrogens is 5. The lowest BCUT2D eigenvalue weighted by Gasteiger charge is -2.13. The highest BCUT2D eigenvalue weighted by Crippen LogP contribution is 2.39. The molecule has 0 aliphatic heterocycles. The number of aromatic amines is 1. The van der Waals surface area contributed by atoms with Crippen molar-refractivity contribution in [2.24, 2.45) is 0 Å². The van der Waals surface area contributed by atoms with Crippen LogP contribution < -0.4 is 10.6 Å². The number of aromatic hydroxyl groups is 2. The van der Waals surface area contributed by atoms with Crippen LogP contribution in [-0.4, -0.2) is 33.9 Å². The van der Waals surface area contributed by atoms with Crippen molar-refractivity contribution in [2.45, 2.75) is 0 Å². The van der Waals surface area contributed by atoms with Crippen LogP contribution in [0.4, 0.5) is 22.7 Å². The maximum absolute atomic E-state index is 10.6. The number of hydrogen-bond acceptors (Lipinski definition) is 10. The highest BCUT2D eigenvalue weighted by molar-refractivity contribution is 7.21. The number of para-hydroxylation sites is 3. The van der Waals surface area contributed by atoms with Gasteiger partial charge in [0.15, 0.2) is 0 Å². The molecule has 0 atom stereocenters. The van der Waals surface area contributed by atoms with Gasteiger partial charge in [0, 0.05) is 11.4 Å².